The fourth-order valence-electron chi connectivity index (χ4n) is 2.68. The molecule has 3 aromatic rings. The summed E-state index contributed by atoms with van der Waals surface area (Å²) in [5.74, 6) is 1.04. The minimum absolute atomic E-state index is 0.379. The van der Waals surface area contributed by atoms with E-state index in [-0.39, 0.29) is 0 Å². The van der Waals surface area contributed by atoms with Crippen LogP contribution in [0.5, 0.6) is 0 Å². The quantitative estimate of drug-likeness (QED) is 0.656. The van der Waals surface area contributed by atoms with Crippen LogP contribution in [-0.2, 0) is 0 Å². The number of aromatic nitrogens is 4. The summed E-state index contributed by atoms with van der Waals surface area (Å²) < 4.78 is 0. The summed E-state index contributed by atoms with van der Waals surface area (Å²) in [7, 11) is 0. The number of rotatable bonds is 2. The summed E-state index contributed by atoms with van der Waals surface area (Å²) >= 11 is 0. The van der Waals surface area contributed by atoms with Crippen LogP contribution in [0.25, 0.3) is 22.3 Å². The highest BCUT2D eigenvalue weighted by Crippen LogP contribution is 2.25. The Labute approximate surface area is 110 Å². The average Bonchev–Trinajstić information content (AvgIpc) is 3.18. The maximum absolute atomic E-state index is 4.50. The number of benzene rings is 1. The number of nitrogens with zero attached hydrogens (tertiary/aromatic N) is 2. The minimum atomic E-state index is 0.379. The van der Waals surface area contributed by atoms with Crippen LogP contribution >= 0.6 is 0 Å². The van der Waals surface area contributed by atoms with Gasteiger partial charge in [-0.15, -0.1) is 0 Å². The monoisotopic (exact) mass is 253 g/mol. The first-order chi connectivity index (χ1) is 9.40. The molecule has 1 aliphatic heterocycles. The molecule has 2 aromatic heterocycles. The van der Waals surface area contributed by atoms with Gasteiger partial charge in [-0.3, -0.25) is 0 Å². The first-order valence-electron chi connectivity index (χ1n) is 6.62. The zero-order valence-electron chi connectivity index (χ0n) is 10.5. The smallest absolute Gasteiger partial charge is 0.123 e. The first-order valence-corrected chi connectivity index (χ1v) is 6.62. The molecule has 1 unspecified atom stereocenters. The van der Waals surface area contributed by atoms with E-state index >= 15 is 0 Å². The van der Waals surface area contributed by atoms with Gasteiger partial charge in [-0.05, 0) is 31.5 Å². The molecule has 1 aromatic carbocycles. The molecule has 0 radical (unpaired) electrons. The van der Waals surface area contributed by atoms with E-state index in [2.05, 4.69) is 37.4 Å². The van der Waals surface area contributed by atoms with Crippen molar-refractivity contribution in [2.24, 2.45) is 0 Å². The average molecular weight is 253 g/mol. The van der Waals surface area contributed by atoms with Crippen molar-refractivity contribution in [1.82, 2.24) is 25.3 Å². The largest absolute Gasteiger partial charge is 0.345 e. The molecular weight excluding hydrogens is 238 g/mol. The maximum atomic E-state index is 4.50. The molecule has 0 bridgehead atoms. The molecule has 0 saturated carbocycles. The van der Waals surface area contributed by atoms with Crippen molar-refractivity contribution >= 4 is 11.0 Å². The highest BCUT2D eigenvalue weighted by Gasteiger charge is 2.19. The van der Waals surface area contributed by atoms with Crippen LogP contribution < -0.4 is 5.32 Å². The number of hydrogen-bond acceptors (Lipinski definition) is 3. The molecule has 3 heterocycles. The molecule has 96 valence electrons. The van der Waals surface area contributed by atoms with Crippen LogP contribution in [0.3, 0.4) is 0 Å². The van der Waals surface area contributed by atoms with E-state index in [0.717, 1.165) is 41.1 Å². The molecule has 0 aliphatic carbocycles. The second-order valence-electron chi connectivity index (χ2n) is 4.97. The van der Waals surface area contributed by atoms with Crippen LogP contribution in [-0.4, -0.2) is 26.5 Å². The van der Waals surface area contributed by atoms with Gasteiger partial charge in [0.05, 0.1) is 35.3 Å². The van der Waals surface area contributed by atoms with E-state index in [1.165, 1.54) is 6.42 Å². The van der Waals surface area contributed by atoms with Gasteiger partial charge < -0.3 is 15.3 Å². The molecule has 1 atom stereocenters. The van der Waals surface area contributed by atoms with Crippen molar-refractivity contribution in [2.45, 2.75) is 18.9 Å². The van der Waals surface area contributed by atoms with Gasteiger partial charge in [0, 0.05) is 5.56 Å². The third-order valence-corrected chi connectivity index (χ3v) is 3.72. The van der Waals surface area contributed by atoms with Crippen LogP contribution in [0.4, 0.5) is 0 Å². The van der Waals surface area contributed by atoms with Crippen molar-refractivity contribution < 1.29 is 0 Å². The van der Waals surface area contributed by atoms with Gasteiger partial charge in [0.15, 0.2) is 0 Å². The Hall–Kier alpha value is -2.14. The number of imidazole rings is 2. The fourth-order valence-corrected chi connectivity index (χ4v) is 2.68. The van der Waals surface area contributed by atoms with Crippen LogP contribution in [0.1, 0.15) is 24.7 Å². The molecule has 1 saturated heterocycles. The van der Waals surface area contributed by atoms with Gasteiger partial charge in [-0.2, -0.15) is 0 Å². The van der Waals surface area contributed by atoms with Crippen molar-refractivity contribution in [3.63, 3.8) is 0 Å². The predicted molar refractivity (Wildman–Crippen MR) is 73.7 cm³/mol. The lowest BCUT2D eigenvalue weighted by Crippen LogP contribution is -2.14. The molecule has 5 heteroatoms. The molecule has 5 nitrogen and oxygen atoms in total. The molecule has 0 amide bonds. The zero-order chi connectivity index (χ0) is 12.7. The van der Waals surface area contributed by atoms with Gasteiger partial charge >= 0.3 is 0 Å². The Morgan fingerprint density at radius 2 is 2.21 bits per heavy atom. The molecule has 4 rings (SSSR count). The first kappa shape index (κ1) is 10.8. The zero-order valence-corrected chi connectivity index (χ0v) is 10.5. The van der Waals surface area contributed by atoms with E-state index in [1.807, 2.05) is 12.3 Å². The standard InChI is InChI=1S/C14H15N5/c1-2-11(15-5-1)14-16-7-13(19-14)9-3-4-10-12(6-9)18-8-17-10/h3-4,6-8,11,15H,1-2,5H2,(H,16,19)(H,17,18). The second kappa shape index (κ2) is 4.20. The molecule has 3 N–H and O–H groups in total. The van der Waals surface area contributed by atoms with E-state index in [1.54, 1.807) is 6.33 Å². The summed E-state index contributed by atoms with van der Waals surface area (Å²) in [6.07, 6.45) is 6.01. The summed E-state index contributed by atoms with van der Waals surface area (Å²) in [4.78, 5) is 15.3. The lowest BCUT2D eigenvalue weighted by molar-refractivity contribution is 0.613. The van der Waals surface area contributed by atoms with Gasteiger partial charge in [-0.1, -0.05) is 6.07 Å². The second-order valence-corrected chi connectivity index (χ2v) is 4.97. The Morgan fingerprint density at radius 1 is 1.21 bits per heavy atom. The molecular formula is C14H15N5. The Kier molecular flexibility index (Phi) is 2.38. The Balaban J connectivity index is 1.70. The van der Waals surface area contributed by atoms with E-state index in [0.29, 0.717) is 6.04 Å². The van der Waals surface area contributed by atoms with Gasteiger partial charge in [0.2, 0.25) is 0 Å². The van der Waals surface area contributed by atoms with Crippen LogP contribution in [0.15, 0.2) is 30.7 Å². The topological polar surface area (TPSA) is 69.4 Å². The van der Waals surface area contributed by atoms with Crippen molar-refractivity contribution in [3.05, 3.63) is 36.5 Å². The van der Waals surface area contributed by atoms with Gasteiger partial charge in [-0.25, -0.2) is 9.97 Å². The summed E-state index contributed by atoms with van der Waals surface area (Å²) in [6.45, 7) is 1.08. The minimum Gasteiger partial charge on any atom is -0.345 e. The van der Waals surface area contributed by atoms with E-state index in [4.69, 9.17) is 0 Å². The van der Waals surface area contributed by atoms with Crippen LogP contribution in [0, 0.1) is 0 Å². The summed E-state index contributed by atoms with van der Waals surface area (Å²) in [6, 6.07) is 6.57. The van der Waals surface area contributed by atoms with Gasteiger partial charge in [0.1, 0.15) is 5.82 Å². The number of H-pyrrole nitrogens is 2. The lowest BCUT2D eigenvalue weighted by Gasteiger charge is -2.05. The summed E-state index contributed by atoms with van der Waals surface area (Å²) in [5.41, 5.74) is 4.22. The highest BCUT2D eigenvalue weighted by molar-refractivity contribution is 5.80. The number of fused-ring (bicyclic) bond motifs is 1. The fraction of sp³-hybridized carbons (Fsp3) is 0.286. The highest BCUT2D eigenvalue weighted by atomic mass is 15.0. The van der Waals surface area contributed by atoms with Crippen molar-refractivity contribution in [1.29, 1.82) is 0 Å². The normalized spacial score (nSPS) is 19.3. The summed E-state index contributed by atoms with van der Waals surface area (Å²) in [5, 5.41) is 3.45. The maximum Gasteiger partial charge on any atom is 0.123 e. The molecule has 1 aliphatic rings. The van der Waals surface area contributed by atoms with Gasteiger partial charge in [0.25, 0.3) is 0 Å². The number of aromatic amines is 2. The number of nitrogens with one attached hydrogen (secondary N) is 3. The predicted octanol–water partition coefficient (Wildman–Crippen LogP) is 2.38. The lowest BCUT2D eigenvalue weighted by atomic mass is 10.1. The number of hydrogen-bond donors (Lipinski definition) is 3. The third-order valence-electron chi connectivity index (χ3n) is 3.72. The molecule has 1 fully saturated rings. The van der Waals surface area contributed by atoms with E-state index < -0.39 is 0 Å². The Bertz CT molecular complexity index is 705. The SMILES string of the molecule is c1nc2ccc(-c3cnc(C4CCCN4)[nH]3)cc2[nH]1. The van der Waals surface area contributed by atoms with Crippen molar-refractivity contribution in [3.8, 4) is 11.3 Å². The third kappa shape index (κ3) is 1.82. The van der Waals surface area contributed by atoms with Crippen molar-refractivity contribution in [2.75, 3.05) is 6.54 Å². The van der Waals surface area contributed by atoms with Crippen LogP contribution in [0.2, 0.25) is 0 Å². The van der Waals surface area contributed by atoms with E-state index in [9.17, 15) is 0 Å². The Morgan fingerprint density at radius 3 is 3.11 bits per heavy atom. The molecule has 0 spiro atoms. The molecule has 19 heavy (non-hydrogen) atoms.